The number of piperidine rings is 1. The van der Waals surface area contributed by atoms with Gasteiger partial charge >= 0.3 is 0 Å². The van der Waals surface area contributed by atoms with E-state index in [-0.39, 0.29) is 11.4 Å². The molecular weight excluding hydrogens is 448 g/mol. The molecule has 0 saturated carbocycles. The van der Waals surface area contributed by atoms with Gasteiger partial charge in [0.1, 0.15) is 0 Å². The van der Waals surface area contributed by atoms with Crippen molar-refractivity contribution in [2.75, 3.05) is 36.5 Å². The second-order valence-corrected chi connectivity index (χ2v) is 10.4. The molecule has 0 amide bonds. The summed E-state index contributed by atoms with van der Waals surface area (Å²) in [5.41, 5.74) is 3.44. The molecule has 4 rings (SSSR count). The number of methoxy groups -OCH3 is 2. The first-order chi connectivity index (χ1) is 16.4. The molecule has 0 atom stereocenters. The largest absolute Gasteiger partial charge is 0.493 e. The summed E-state index contributed by atoms with van der Waals surface area (Å²) in [5.74, 6) is 1.17. The van der Waals surface area contributed by atoms with Crippen LogP contribution in [-0.4, -0.2) is 35.7 Å². The van der Waals surface area contributed by atoms with Crippen LogP contribution in [0.3, 0.4) is 0 Å². The van der Waals surface area contributed by atoms with E-state index in [0.29, 0.717) is 17.2 Å². The molecule has 0 spiro atoms. The number of nitrogens with zero attached hydrogens (tertiary/aromatic N) is 2. The lowest BCUT2D eigenvalue weighted by molar-refractivity contribution is 0.354. The van der Waals surface area contributed by atoms with E-state index in [1.54, 1.807) is 32.4 Å². The minimum Gasteiger partial charge on any atom is -0.493 e. The molecule has 1 aliphatic heterocycles. The van der Waals surface area contributed by atoms with E-state index in [4.69, 9.17) is 9.47 Å². The maximum Gasteiger partial charge on any atom is 0.264 e. The minimum atomic E-state index is -3.83. The molecule has 180 valence electrons. The predicted octanol–water partition coefficient (Wildman–Crippen LogP) is 5.40. The average molecular weight is 481 g/mol. The zero-order valence-electron chi connectivity index (χ0n) is 20.0. The summed E-state index contributed by atoms with van der Waals surface area (Å²) < 4.78 is 40.4. The van der Waals surface area contributed by atoms with Gasteiger partial charge in [0.15, 0.2) is 11.5 Å². The maximum atomic E-state index is 14.0. The number of anilines is 2. The van der Waals surface area contributed by atoms with Gasteiger partial charge in [-0.2, -0.15) is 0 Å². The number of hydrogen-bond acceptors (Lipinski definition) is 5. The van der Waals surface area contributed by atoms with E-state index >= 15 is 0 Å². The van der Waals surface area contributed by atoms with Crippen LogP contribution in [-0.2, 0) is 16.6 Å². The van der Waals surface area contributed by atoms with Gasteiger partial charge < -0.3 is 14.4 Å². The van der Waals surface area contributed by atoms with Crippen LogP contribution in [0.25, 0.3) is 0 Å². The number of aryl methyl sites for hydroxylation is 1. The van der Waals surface area contributed by atoms with Gasteiger partial charge in [-0.05, 0) is 68.1 Å². The topological polar surface area (TPSA) is 59.1 Å². The fourth-order valence-electron chi connectivity index (χ4n) is 4.36. The van der Waals surface area contributed by atoms with Crippen LogP contribution in [0.5, 0.6) is 11.5 Å². The molecule has 1 heterocycles. The van der Waals surface area contributed by atoms with Gasteiger partial charge in [-0.25, -0.2) is 8.42 Å². The molecular formula is C27H32N2O4S. The second-order valence-electron chi connectivity index (χ2n) is 8.55. The van der Waals surface area contributed by atoms with Crippen LogP contribution < -0.4 is 18.7 Å². The smallest absolute Gasteiger partial charge is 0.264 e. The molecule has 0 aliphatic carbocycles. The van der Waals surface area contributed by atoms with E-state index in [1.807, 2.05) is 55.5 Å². The van der Waals surface area contributed by atoms with E-state index < -0.39 is 10.0 Å². The van der Waals surface area contributed by atoms with Gasteiger partial charge in [-0.1, -0.05) is 35.9 Å². The highest BCUT2D eigenvalue weighted by Crippen LogP contribution is 2.37. The first-order valence-corrected chi connectivity index (χ1v) is 13.0. The van der Waals surface area contributed by atoms with Crippen molar-refractivity contribution >= 4 is 21.4 Å². The van der Waals surface area contributed by atoms with Gasteiger partial charge in [0.05, 0.1) is 37.0 Å². The summed E-state index contributed by atoms with van der Waals surface area (Å²) in [4.78, 5) is 2.57. The number of ether oxygens (including phenoxy) is 2. The standard InChI is InChI=1S/C27H32N2O4S/c1-21-11-14-23(15-12-21)34(30,31)29(20-22-13-16-26(32-2)27(19-22)33-3)25-10-6-5-9-24(25)28-17-7-4-8-18-28/h5-6,9-16,19H,4,7-8,17-18,20H2,1-3H3. The molecule has 0 unspecified atom stereocenters. The molecule has 0 bridgehead atoms. The SMILES string of the molecule is COc1ccc(CN(c2ccccc2N2CCCCC2)S(=O)(=O)c2ccc(C)cc2)cc1OC. The summed E-state index contributed by atoms with van der Waals surface area (Å²) in [6.07, 6.45) is 3.42. The number of para-hydroxylation sites is 2. The van der Waals surface area contributed by atoms with Crippen LogP contribution in [0.15, 0.2) is 71.6 Å². The number of benzene rings is 3. The number of rotatable bonds is 8. The van der Waals surface area contributed by atoms with Crippen LogP contribution in [0.1, 0.15) is 30.4 Å². The maximum absolute atomic E-state index is 14.0. The van der Waals surface area contributed by atoms with Crippen molar-refractivity contribution in [3.8, 4) is 11.5 Å². The molecule has 3 aromatic rings. The predicted molar refractivity (Wildman–Crippen MR) is 137 cm³/mol. The Morgan fingerprint density at radius 2 is 1.53 bits per heavy atom. The summed E-state index contributed by atoms with van der Waals surface area (Å²) in [6.45, 7) is 3.96. The third-order valence-corrected chi connectivity index (χ3v) is 8.00. The van der Waals surface area contributed by atoms with E-state index in [2.05, 4.69) is 4.90 Å². The fourth-order valence-corrected chi connectivity index (χ4v) is 5.83. The number of hydrogen-bond donors (Lipinski definition) is 0. The molecule has 1 saturated heterocycles. The highest BCUT2D eigenvalue weighted by molar-refractivity contribution is 7.92. The molecule has 1 aliphatic rings. The highest BCUT2D eigenvalue weighted by atomic mass is 32.2. The van der Waals surface area contributed by atoms with Gasteiger partial charge in [-0.3, -0.25) is 4.31 Å². The van der Waals surface area contributed by atoms with E-state index in [0.717, 1.165) is 42.7 Å². The van der Waals surface area contributed by atoms with Gasteiger partial charge in [0, 0.05) is 13.1 Å². The molecule has 34 heavy (non-hydrogen) atoms. The summed E-state index contributed by atoms with van der Waals surface area (Å²) >= 11 is 0. The lowest BCUT2D eigenvalue weighted by Crippen LogP contribution is -2.35. The van der Waals surface area contributed by atoms with E-state index in [9.17, 15) is 8.42 Å². The zero-order valence-corrected chi connectivity index (χ0v) is 20.8. The van der Waals surface area contributed by atoms with Gasteiger partial charge in [0.25, 0.3) is 10.0 Å². The monoisotopic (exact) mass is 480 g/mol. The Bertz CT molecular complexity index is 1220. The molecule has 3 aromatic carbocycles. The lowest BCUT2D eigenvalue weighted by Gasteiger charge is -2.34. The van der Waals surface area contributed by atoms with Crippen LogP contribution in [0.2, 0.25) is 0 Å². The Kier molecular flexibility index (Phi) is 7.32. The number of sulfonamides is 1. The van der Waals surface area contributed by atoms with Crippen molar-refractivity contribution in [2.45, 2.75) is 37.6 Å². The van der Waals surface area contributed by atoms with Crippen molar-refractivity contribution < 1.29 is 17.9 Å². The molecule has 0 aromatic heterocycles. The average Bonchev–Trinajstić information content (AvgIpc) is 2.88. The third-order valence-electron chi connectivity index (χ3n) is 6.23. The van der Waals surface area contributed by atoms with Crippen molar-refractivity contribution in [3.63, 3.8) is 0 Å². The lowest BCUT2D eigenvalue weighted by atomic mass is 10.1. The van der Waals surface area contributed by atoms with Crippen LogP contribution >= 0.6 is 0 Å². The molecule has 7 heteroatoms. The third kappa shape index (κ3) is 4.99. The Balaban J connectivity index is 1.82. The summed E-state index contributed by atoms with van der Waals surface area (Å²) in [5, 5.41) is 0. The van der Waals surface area contributed by atoms with Crippen LogP contribution in [0, 0.1) is 6.92 Å². The van der Waals surface area contributed by atoms with Crippen molar-refractivity contribution in [1.29, 1.82) is 0 Å². The Morgan fingerprint density at radius 3 is 2.21 bits per heavy atom. The second kappa shape index (κ2) is 10.4. The van der Waals surface area contributed by atoms with Crippen molar-refractivity contribution in [1.82, 2.24) is 0 Å². The molecule has 0 radical (unpaired) electrons. The summed E-state index contributed by atoms with van der Waals surface area (Å²) in [6, 6.07) is 20.3. The van der Waals surface area contributed by atoms with Crippen molar-refractivity contribution in [2.24, 2.45) is 0 Å². The quantitative estimate of drug-likeness (QED) is 0.432. The Morgan fingerprint density at radius 1 is 0.853 bits per heavy atom. The van der Waals surface area contributed by atoms with E-state index in [1.165, 1.54) is 10.7 Å². The molecule has 1 fully saturated rings. The fraction of sp³-hybridized carbons (Fsp3) is 0.333. The Hall–Kier alpha value is -3.19. The first kappa shape index (κ1) is 24.0. The Labute approximate surface area is 202 Å². The zero-order chi connectivity index (χ0) is 24.1. The highest BCUT2D eigenvalue weighted by Gasteiger charge is 2.29. The van der Waals surface area contributed by atoms with Gasteiger partial charge in [0.2, 0.25) is 0 Å². The van der Waals surface area contributed by atoms with Gasteiger partial charge in [-0.15, -0.1) is 0 Å². The summed E-state index contributed by atoms with van der Waals surface area (Å²) in [7, 11) is -0.670. The first-order valence-electron chi connectivity index (χ1n) is 11.6. The molecule has 0 N–H and O–H groups in total. The van der Waals surface area contributed by atoms with Crippen LogP contribution in [0.4, 0.5) is 11.4 Å². The van der Waals surface area contributed by atoms with Crippen molar-refractivity contribution in [3.05, 3.63) is 77.9 Å². The molecule has 6 nitrogen and oxygen atoms in total. The normalized spacial score (nSPS) is 14.0. The minimum absolute atomic E-state index is 0.168.